The van der Waals surface area contributed by atoms with E-state index in [1.165, 1.54) is 6.20 Å². The molecule has 0 bridgehead atoms. The number of pyridine rings is 1. The van der Waals surface area contributed by atoms with Gasteiger partial charge < -0.3 is 40.0 Å². The van der Waals surface area contributed by atoms with Crippen molar-refractivity contribution in [2.45, 2.75) is 37.8 Å². The Morgan fingerprint density at radius 3 is 2.34 bits per heavy atom. The first-order valence-electron chi connectivity index (χ1n) is 20.9. The zero-order valence-corrected chi connectivity index (χ0v) is 36.4. The smallest absolute Gasteiger partial charge is 0.251 e. The number of carbonyl (C=O) groups is 3. The van der Waals surface area contributed by atoms with Gasteiger partial charge in [0, 0.05) is 112 Å². The van der Waals surface area contributed by atoms with Crippen LogP contribution in [0, 0.1) is 5.92 Å². The topological polar surface area (TPSA) is 177 Å². The maximum absolute atomic E-state index is 12.9. The highest BCUT2D eigenvalue weighted by atomic mass is 35.5. The number of nitrogens with zero attached hydrogens (tertiary/aromatic N) is 7. The standard InChI is InChI=1S/C43H53ClN11O5P/c1-60-37-22-32(8-9-34(37)49-43-46-23-33(44)40(51-43)47-36-24-45-15-12-38(36)61(2,3)59)53-16-13-31(14-17-53)54-20-18-52(19-21-54)25-28-26-55(27-28)30-6-4-29(5-7-30)41(57)48-35-10-11-39(56)50-42(35)58/h4-9,12,15,22-24,28,31,35H,10-11,13-14,16-21,25-27H2,1-3H3,(H,48,57)(H,50,56,58)(H2,46,47,49,51). The third-order valence-electron chi connectivity index (χ3n) is 12.1. The molecule has 2 aromatic carbocycles. The number of aromatic nitrogens is 3. The Labute approximate surface area is 361 Å². The SMILES string of the molecule is COc1cc(N2CCC(N3CCN(CC4CN(c5ccc(C(=O)NC6CCC(=O)NC6=O)cc5)C4)CC3)CC2)ccc1Nc1ncc(Cl)c(Nc2cnccc2P(C)(C)=O)n1. The molecule has 0 radical (unpaired) electrons. The predicted octanol–water partition coefficient (Wildman–Crippen LogP) is 4.53. The van der Waals surface area contributed by atoms with Gasteiger partial charge in [0.1, 0.15) is 24.0 Å². The molecule has 0 spiro atoms. The predicted molar refractivity (Wildman–Crippen MR) is 239 cm³/mol. The molecule has 4 aliphatic rings. The number of piperazine rings is 1. The minimum Gasteiger partial charge on any atom is -0.494 e. The molecule has 1 unspecified atom stereocenters. The van der Waals surface area contributed by atoms with Crippen molar-refractivity contribution in [1.82, 2.24) is 35.4 Å². The summed E-state index contributed by atoms with van der Waals surface area (Å²) in [7, 11) is -0.929. The summed E-state index contributed by atoms with van der Waals surface area (Å²) in [5.41, 5.74) is 4.00. The number of anilines is 6. The van der Waals surface area contributed by atoms with Crippen LogP contribution in [0.4, 0.5) is 34.5 Å². The fraction of sp³-hybridized carbons (Fsp3) is 0.442. The molecular weight excluding hydrogens is 817 g/mol. The zero-order chi connectivity index (χ0) is 42.7. The Morgan fingerprint density at radius 1 is 0.902 bits per heavy atom. The van der Waals surface area contributed by atoms with Gasteiger partial charge in [0.25, 0.3) is 5.91 Å². The number of imide groups is 1. The summed E-state index contributed by atoms with van der Waals surface area (Å²) < 4.78 is 18.7. The Kier molecular flexibility index (Phi) is 12.8. The summed E-state index contributed by atoms with van der Waals surface area (Å²) in [5.74, 6) is 0.924. The maximum atomic E-state index is 12.9. The molecule has 0 aliphatic carbocycles. The first-order chi connectivity index (χ1) is 29.4. The number of rotatable bonds is 13. The Hall–Kier alpha value is -5.28. The number of methoxy groups -OCH3 is 1. The summed E-state index contributed by atoms with van der Waals surface area (Å²) in [6.45, 7) is 12.8. The summed E-state index contributed by atoms with van der Waals surface area (Å²) in [6, 6.07) is 15.3. The summed E-state index contributed by atoms with van der Waals surface area (Å²) >= 11 is 6.47. The van der Waals surface area contributed by atoms with E-state index in [0.717, 1.165) is 88.8 Å². The van der Waals surface area contributed by atoms with Crippen LogP contribution < -0.4 is 41.1 Å². The lowest BCUT2D eigenvalue weighted by Gasteiger charge is -2.46. The van der Waals surface area contributed by atoms with Gasteiger partial charge in [0.15, 0.2) is 5.82 Å². The molecule has 322 valence electrons. The van der Waals surface area contributed by atoms with Crippen molar-refractivity contribution in [2.75, 3.05) is 99.8 Å². The van der Waals surface area contributed by atoms with Gasteiger partial charge in [-0.2, -0.15) is 4.98 Å². The molecule has 61 heavy (non-hydrogen) atoms. The Bertz CT molecular complexity index is 2290. The van der Waals surface area contributed by atoms with Gasteiger partial charge in [0.2, 0.25) is 17.8 Å². The van der Waals surface area contributed by atoms with Gasteiger partial charge in [-0.05, 0) is 75.1 Å². The molecule has 6 heterocycles. The van der Waals surface area contributed by atoms with Crippen molar-refractivity contribution in [2.24, 2.45) is 5.92 Å². The van der Waals surface area contributed by atoms with Crippen LogP contribution in [-0.2, 0) is 14.2 Å². The van der Waals surface area contributed by atoms with E-state index in [-0.39, 0.29) is 18.2 Å². The van der Waals surface area contributed by atoms with E-state index < -0.39 is 19.1 Å². The van der Waals surface area contributed by atoms with E-state index >= 15 is 0 Å². The lowest BCUT2D eigenvalue weighted by molar-refractivity contribution is -0.134. The van der Waals surface area contributed by atoms with Gasteiger partial charge in [-0.1, -0.05) is 11.6 Å². The first kappa shape index (κ1) is 42.4. The van der Waals surface area contributed by atoms with E-state index in [2.05, 4.69) is 68.0 Å². The second kappa shape index (κ2) is 18.4. The van der Waals surface area contributed by atoms with Gasteiger partial charge in [0.05, 0.1) is 30.9 Å². The van der Waals surface area contributed by atoms with Crippen LogP contribution in [0.15, 0.2) is 67.1 Å². The van der Waals surface area contributed by atoms with Crippen molar-refractivity contribution in [3.63, 3.8) is 0 Å². The highest BCUT2D eigenvalue weighted by Crippen LogP contribution is 2.39. The minimum atomic E-state index is -2.58. The number of benzene rings is 2. The number of amides is 3. The average Bonchev–Trinajstić information content (AvgIpc) is 3.24. The highest BCUT2D eigenvalue weighted by Gasteiger charge is 2.33. The lowest BCUT2D eigenvalue weighted by Crippen LogP contribution is -2.57. The van der Waals surface area contributed by atoms with Crippen LogP contribution in [0.1, 0.15) is 36.0 Å². The van der Waals surface area contributed by atoms with E-state index in [0.29, 0.717) is 57.5 Å². The largest absolute Gasteiger partial charge is 0.494 e. The number of carbonyl (C=O) groups excluding carboxylic acids is 3. The number of halogens is 1. The molecule has 3 amide bonds. The fourth-order valence-corrected chi connectivity index (χ4v) is 9.91. The number of piperidine rings is 2. The molecule has 0 saturated carbocycles. The summed E-state index contributed by atoms with van der Waals surface area (Å²) in [6.07, 6.45) is 7.51. The van der Waals surface area contributed by atoms with Crippen LogP contribution in [0.5, 0.6) is 5.75 Å². The molecule has 8 rings (SSSR count). The second-order valence-electron chi connectivity index (χ2n) is 16.6. The van der Waals surface area contributed by atoms with Crippen molar-refractivity contribution in [1.29, 1.82) is 0 Å². The Balaban J connectivity index is 0.767. The van der Waals surface area contributed by atoms with Crippen molar-refractivity contribution in [3.8, 4) is 5.75 Å². The first-order valence-corrected chi connectivity index (χ1v) is 23.8. The van der Waals surface area contributed by atoms with E-state index in [9.17, 15) is 18.9 Å². The van der Waals surface area contributed by atoms with Crippen LogP contribution in [0.25, 0.3) is 0 Å². The van der Waals surface area contributed by atoms with Crippen molar-refractivity contribution >= 4 is 76.3 Å². The van der Waals surface area contributed by atoms with Gasteiger partial charge in [-0.3, -0.25) is 29.6 Å². The van der Waals surface area contributed by atoms with Crippen LogP contribution in [0.2, 0.25) is 5.02 Å². The highest BCUT2D eigenvalue weighted by molar-refractivity contribution is 7.70. The number of ether oxygens (including phenoxy) is 1. The van der Waals surface area contributed by atoms with Gasteiger partial charge in [-0.25, -0.2) is 4.98 Å². The van der Waals surface area contributed by atoms with Crippen LogP contribution >= 0.6 is 18.7 Å². The normalized spacial score (nSPS) is 19.6. The molecule has 16 nitrogen and oxygen atoms in total. The molecule has 4 fully saturated rings. The third-order valence-corrected chi connectivity index (χ3v) is 13.9. The molecular formula is C43H53ClN11O5P. The molecule has 1 atom stereocenters. The summed E-state index contributed by atoms with van der Waals surface area (Å²) in [5, 5.41) is 12.5. The molecule has 4 aromatic rings. The van der Waals surface area contributed by atoms with Crippen LogP contribution in [0.3, 0.4) is 0 Å². The third kappa shape index (κ3) is 10.1. The van der Waals surface area contributed by atoms with E-state index in [1.54, 1.807) is 51.0 Å². The van der Waals surface area contributed by atoms with Crippen molar-refractivity contribution < 1.29 is 23.7 Å². The Morgan fingerprint density at radius 2 is 1.64 bits per heavy atom. The van der Waals surface area contributed by atoms with Gasteiger partial charge >= 0.3 is 0 Å². The molecule has 4 saturated heterocycles. The van der Waals surface area contributed by atoms with Gasteiger partial charge in [-0.15, -0.1) is 0 Å². The minimum absolute atomic E-state index is 0.225. The molecule has 4 aliphatic heterocycles. The average molecular weight is 870 g/mol. The molecule has 2 aromatic heterocycles. The monoisotopic (exact) mass is 869 g/mol. The van der Waals surface area contributed by atoms with Crippen LogP contribution in [-0.4, -0.2) is 134 Å². The zero-order valence-electron chi connectivity index (χ0n) is 34.8. The maximum Gasteiger partial charge on any atom is 0.251 e. The fourth-order valence-electron chi connectivity index (χ4n) is 8.65. The number of hydrogen-bond acceptors (Lipinski definition) is 14. The number of hydrogen-bond donors (Lipinski definition) is 4. The van der Waals surface area contributed by atoms with E-state index in [4.69, 9.17) is 16.3 Å². The second-order valence-corrected chi connectivity index (χ2v) is 20.2. The summed E-state index contributed by atoms with van der Waals surface area (Å²) in [4.78, 5) is 59.4. The van der Waals surface area contributed by atoms with Crippen molar-refractivity contribution in [3.05, 3.63) is 77.7 Å². The quantitative estimate of drug-likeness (QED) is 0.109. The molecule has 18 heteroatoms. The van der Waals surface area contributed by atoms with E-state index in [1.807, 2.05) is 18.2 Å². The number of nitrogens with one attached hydrogen (secondary N) is 4. The molecule has 4 N–H and O–H groups in total. The lowest BCUT2D eigenvalue weighted by atomic mass is 9.97.